The molecule has 0 saturated heterocycles. The molecule has 152 valence electrons. The first-order chi connectivity index (χ1) is 12.6. The van der Waals surface area contributed by atoms with Crippen LogP contribution in [-0.2, 0) is 16.0 Å². The summed E-state index contributed by atoms with van der Waals surface area (Å²) in [6.45, 7) is 10.2. The minimum atomic E-state index is -0.792. The zero-order chi connectivity index (χ0) is 20.4. The molecule has 2 N–H and O–H groups in total. The molecule has 27 heavy (non-hydrogen) atoms. The Morgan fingerprint density at radius 1 is 1.15 bits per heavy atom. The normalized spacial score (nSPS) is 12.6. The van der Waals surface area contributed by atoms with Gasteiger partial charge >= 0.3 is 12.0 Å². The van der Waals surface area contributed by atoms with Gasteiger partial charge in [-0.2, -0.15) is 0 Å². The van der Waals surface area contributed by atoms with Crippen molar-refractivity contribution in [2.75, 3.05) is 19.7 Å². The molecule has 1 unspecified atom stereocenters. The highest BCUT2D eigenvalue weighted by Gasteiger charge is 2.28. The van der Waals surface area contributed by atoms with E-state index in [-0.39, 0.29) is 19.2 Å². The lowest BCUT2D eigenvalue weighted by Gasteiger charge is -2.28. The molecular weight excluding hydrogens is 344 g/mol. The molecule has 0 saturated carbocycles. The Balaban J connectivity index is 2.89. The second-order valence-electron chi connectivity index (χ2n) is 8.12. The molecular formula is C21H34N2O4. The number of amides is 2. The molecule has 0 radical (unpaired) electrons. The highest BCUT2D eigenvalue weighted by molar-refractivity contribution is 5.84. The Bertz CT molecular complexity index is 582. The summed E-state index contributed by atoms with van der Waals surface area (Å²) in [5, 5.41) is 12.1. The topological polar surface area (TPSA) is 78.9 Å². The van der Waals surface area contributed by atoms with Crippen molar-refractivity contribution in [3.05, 3.63) is 35.9 Å². The van der Waals surface area contributed by atoms with E-state index in [4.69, 9.17) is 4.74 Å². The zero-order valence-electron chi connectivity index (χ0n) is 17.2. The van der Waals surface area contributed by atoms with Gasteiger partial charge < -0.3 is 20.1 Å². The number of esters is 1. The molecule has 0 aliphatic heterocycles. The van der Waals surface area contributed by atoms with E-state index in [2.05, 4.69) is 19.2 Å². The number of hydrogen-bond acceptors (Lipinski definition) is 4. The lowest BCUT2D eigenvalue weighted by Crippen LogP contribution is -2.51. The molecule has 1 aromatic rings. The summed E-state index contributed by atoms with van der Waals surface area (Å²) >= 11 is 0. The maximum absolute atomic E-state index is 12.7. The molecule has 0 bridgehead atoms. The van der Waals surface area contributed by atoms with Gasteiger partial charge in [-0.05, 0) is 38.7 Å². The number of rotatable bonds is 9. The number of carbonyl (C=O) groups is 2. The van der Waals surface area contributed by atoms with E-state index in [0.29, 0.717) is 18.9 Å². The van der Waals surface area contributed by atoms with Crippen LogP contribution >= 0.6 is 0 Å². The van der Waals surface area contributed by atoms with E-state index >= 15 is 0 Å². The van der Waals surface area contributed by atoms with Crippen molar-refractivity contribution >= 4 is 12.0 Å². The number of aliphatic hydroxyl groups excluding tert-OH is 1. The Morgan fingerprint density at radius 2 is 1.78 bits per heavy atom. The van der Waals surface area contributed by atoms with E-state index in [0.717, 1.165) is 12.0 Å². The molecule has 0 aromatic heterocycles. The summed E-state index contributed by atoms with van der Waals surface area (Å²) in [6.07, 6.45) is 1.17. The third-order valence-corrected chi connectivity index (χ3v) is 3.91. The average molecular weight is 379 g/mol. The predicted octanol–water partition coefficient (Wildman–Crippen LogP) is 2.99. The molecule has 1 atom stereocenters. The van der Waals surface area contributed by atoms with Crippen LogP contribution in [0.2, 0.25) is 0 Å². The number of urea groups is 1. The number of nitrogens with one attached hydrogen (secondary N) is 1. The highest BCUT2D eigenvalue weighted by atomic mass is 16.6. The van der Waals surface area contributed by atoms with E-state index < -0.39 is 17.6 Å². The highest BCUT2D eigenvalue weighted by Crippen LogP contribution is 2.12. The first kappa shape index (κ1) is 23.0. The smallest absolute Gasteiger partial charge is 0.329 e. The van der Waals surface area contributed by atoms with Gasteiger partial charge in [0.05, 0.1) is 6.61 Å². The fourth-order valence-electron chi connectivity index (χ4n) is 2.51. The maximum atomic E-state index is 12.7. The largest absolute Gasteiger partial charge is 0.458 e. The lowest BCUT2D eigenvalue weighted by molar-refractivity contribution is -0.157. The standard InChI is InChI=1S/C21H34N2O4/c1-16(2)11-12-23(13-14-24)20(26)22-18(19(25)27-21(3,4)5)15-17-9-7-6-8-10-17/h6-10,16,18,24H,11-15H2,1-5H3,(H,22,26). The first-order valence-corrected chi connectivity index (χ1v) is 9.55. The predicted molar refractivity (Wildman–Crippen MR) is 106 cm³/mol. The molecule has 0 spiro atoms. The van der Waals surface area contributed by atoms with Crippen molar-refractivity contribution in [2.24, 2.45) is 5.92 Å². The fraction of sp³-hybridized carbons (Fsp3) is 0.619. The Kier molecular flexibility index (Phi) is 9.29. The zero-order valence-corrected chi connectivity index (χ0v) is 17.2. The van der Waals surface area contributed by atoms with E-state index in [1.165, 1.54) is 0 Å². The van der Waals surface area contributed by atoms with Gasteiger partial charge in [0.15, 0.2) is 0 Å². The van der Waals surface area contributed by atoms with Crippen LogP contribution in [0.25, 0.3) is 0 Å². The second-order valence-corrected chi connectivity index (χ2v) is 8.12. The summed E-state index contributed by atoms with van der Waals surface area (Å²) in [5.74, 6) is -0.0301. The van der Waals surface area contributed by atoms with Crippen LogP contribution in [0.4, 0.5) is 4.79 Å². The molecule has 6 heteroatoms. The third kappa shape index (κ3) is 9.43. The third-order valence-electron chi connectivity index (χ3n) is 3.91. The maximum Gasteiger partial charge on any atom is 0.329 e. The number of benzene rings is 1. The summed E-state index contributed by atoms with van der Waals surface area (Å²) in [7, 11) is 0. The first-order valence-electron chi connectivity index (χ1n) is 9.55. The quantitative estimate of drug-likeness (QED) is 0.648. The van der Waals surface area contributed by atoms with E-state index in [9.17, 15) is 14.7 Å². The SMILES string of the molecule is CC(C)CCN(CCO)C(=O)NC(Cc1ccccc1)C(=O)OC(C)(C)C. The summed E-state index contributed by atoms with van der Waals surface area (Å²) < 4.78 is 5.49. The van der Waals surface area contributed by atoms with Crippen molar-refractivity contribution < 1.29 is 19.4 Å². The van der Waals surface area contributed by atoms with Gasteiger partial charge in [0.2, 0.25) is 0 Å². The van der Waals surface area contributed by atoms with Crippen LogP contribution in [0.5, 0.6) is 0 Å². The average Bonchev–Trinajstić information content (AvgIpc) is 2.57. The second kappa shape index (κ2) is 10.9. The van der Waals surface area contributed by atoms with Crippen molar-refractivity contribution in [1.29, 1.82) is 0 Å². The number of carbonyl (C=O) groups excluding carboxylic acids is 2. The van der Waals surface area contributed by atoms with Gasteiger partial charge in [0.25, 0.3) is 0 Å². The van der Waals surface area contributed by atoms with E-state index in [1.54, 1.807) is 25.7 Å². The summed E-state index contributed by atoms with van der Waals surface area (Å²) in [4.78, 5) is 26.9. The summed E-state index contributed by atoms with van der Waals surface area (Å²) in [5.41, 5.74) is 0.295. The minimum Gasteiger partial charge on any atom is -0.458 e. The van der Waals surface area contributed by atoms with Gasteiger partial charge in [-0.3, -0.25) is 0 Å². The van der Waals surface area contributed by atoms with Crippen molar-refractivity contribution in [2.45, 2.75) is 59.1 Å². The van der Waals surface area contributed by atoms with Gasteiger partial charge in [0.1, 0.15) is 11.6 Å². The van der Waals surface area contributed by atoms with Crippen LogP contribution in [0.3, 0.4) is 0 Å². The number of hydrogen-bond donors (Lipinski definition) is 2. The molecule has 0 aliphatic rings. The number of nitrogens with zero attached hydrogens (tertiary/aromatic N) is 1. The van der Waals surface area contributed by atoms with E-state index in [1.807, 2.05) is 30.3 Å². The molecule has 1 rings (SSSR count). The van der Waals surface area contributed by atoms with Crippen LogP contribution < -0.4 is 5.32 Å². The van der Waals surface area contributed by atoms with Crippen LogP contribution in [0.1, 0.15) is 46.6 Å². The van der Waals surface area contributed by atoms with Crippen LogP contribution in [0, 0.1) is 5.92 Å². The van der Waals surface area contributed by atoms with Crippen LogP contribution in [0.15, 0.2) is 30.3 Å². The molecule has 0 fully saturated rings. The fourth-order valence-corrected chi connectivity index (χ4v) is 2.51. The van der Waals surface area contributed by atoms with Crippen molar-refractivity contribution in [3.8, 4) is 0 Å². The Morgan fingerprint density at radius 3 is 2.30 bits per heavy atom. The minimum absolute atomic E-state index is 0.124. The summed E-state index contributed by atoms with van der Waals surface area (Å²) in [6, 6.07) is 8.35. The number of ether oxygens (including phenoxy) is 1. The van der Waals surface area contributed by atoms with Crippen molar-refractivity contribution in [1.82, 2.24) is 10.2 Å². The van der Waals surface area contributed by atoms with Gasteiger partial charge in [-0.25, -0.2) is 9.59 Å². The molecule has 6 nitrogen and oxygen atoms in total. The number of aliphatic hydroxyl groups is 1. The van der Waals surface area contributed by atoms with Gasteiger partial charge in [-0.15, -0.1) is 0 Å². The molecule has 0 heterocycles. The molecule has 0 aliphatic carbocycles. The van der Waals surface area contributed by atoms with Gasteiger partial charge in [-0.1, -0.05) is 44.2 Å². The van der Waals surface area contributed by atoms with Gasteiger partial charge in [0, 0.05) is 19.5 Å². The monoisotopic (exact) mass is 378 g/mol. The van der Waals surface area contributed by atoms with Crippen LogP contribution in [-0.4, -0.2) is 53.3 Å². The molecule has 1 aromatic carbocycles. The Hall–Kier alpha value is -2.08. The lowest BCUT2D eigenvalue weighted by atomic mass is 10.1. The molecule has 2 amide bonds. The van der Waals surface area contributed by atoms with Crippen molar-refractivity contribution in [3.63, 3.8) is 0 Å². The Labute approximate surface area is 162 Å².